The number of piperidine rings is 1. The predicted molar refractivity (Wildman–Crippen MR) is 71.4 cm³/mol. The van der Waals surface area contributed by atoms with E-state index in [-0.39, 0.29) is 0 Å². The maximum Gasteiger partial charge on any atom is 0.124 e. The van der Waals surface area contributed by atoms with Gasteiger partial charge in [-0.3, -0.25) is 0 Å². The predicted octanol–water partition coefficient (Wildman–Crippen LogP) is 1.88. The molecule has 1 aromatic carbocycles. The Labute approximate surface area is 112 Å². The van der Waals surface area contributed by atoms with Crippen LogP contribution in [0.5, 0.6) is 0 Å². The number of rotatable bonds is 5. The fourth-order valence-electron chi connectivity index (χ4n) is 2.14. The largest absolute Gasteiger partial charge is 0.382 e. The maximum absolute atomic E-state index is 13.0. The second-order valence-corrected chi connectivity index (χ2v) is 4.55. The summed E-state index contributed by atoms with van der Waals surface area (Å²) in [5, 5.41) is 15.3. The average molecular weight is 263 g/mol. The van der Waals surface area contributed by atoms with E-state index in [9.17, 15) is 4.39 Å². The number of nitrogens with zero attached hydrogens (tertiary/aromatic N) is 1. The molecular formula is C14H18FN3O. The zero-order valence-electron chi connectivity index (χ0n) is 10.8. The molecule has 0 unspecified atom stereocenters. The van der Waals surface area contributed by atoms with E-state index in [4.69, 9.17) is 10.00 Å². The summed E-state index contributed by atoms with van der Waals surface area (Å²) in [5.41, 5.74) is 0.972. The smallest absolute Gasteiger partial charge is 0.124 e. The summed E-state index contributed by atoms with van der Waals surface area (Å²) >= 11 is 0. The lowest BCUT2D eigenvalue weighted by molar-refractivity contribution is 0.0394. The van der Waals surface area contributed by atoms with Crippen LogP contribution in [-0.4, -0.2) is 32.3 Å². The van der Waals surface area contributed by atoms with E-state index in [1.54, 1.807) is 6.07 Å². The number of hydrogen-bond acceptors (Lipinski definition) is 4. The molecule has 2 rings (SSSR count). The van der Waals surface area contributed by atoms with E-state index >= 15 is 0 Å². The summed E-state index contributed by atoms with van der Waals surface area (Å²) in [5.74, 6) is -0.395. The van der Waals surface area contributed by atoms with Crippen LogP contribution in [-0.2, 0) is 4.74 Å². The van der Waals surface area contributed by atoms with Crippen molar-refractivity contribution in [3.63, 3.8) is 0 Å². The van der Waals surface area contributed by atoms with E-state index in [0.29, 0.717) is 30.5 Å². The Morgan fingerprint density at radius 3 is 2.95 bits per heavy atom. The van der Waals surface area contributed by atoms with Crippen molar-refractivity contribution in [2.75, 3.05) is 31.6 Å². The molecule has 5 heteroatoms. The number of ether oxygens (including phenoxy) is 1. The van der Waals surface area contributed by atoms with Crippen molar-refractivity contribution in [1.29, 1.82) is 5.26 Å². The summed E-state index contributed by atoms with van der Waals surface area (Å²) in [6, 6.07) is 6.13. The van der Waals surface area contributed by atoms with Crippen LogP contribution >= 0.6 is 0 Å². The summed E-state index contributed by atoms with van der Waals surface area (Å²) in [6.45, 7) is 3.22. The molecule has 102 valence electrons. The van der Waals surface area contributed by atoms with Gasteiger partial charge in [0.1, 0.15) is 11.9 Å². The molecule has 1 aliphatic heterocycles. The average Bonchev–Trinajstić information content (AvgIpc) is 2.46. The third kappa shape index (κ3) is 4.19. The van der Waals surface area contributed by atoms with Crippen LogP contribution in [0, 0.1) is 17.1 Å². The molecule has 0 spiro atoms. The highest BCUT2D eigenvalue weighted by Crippen LogP contribution is 2.15. The molecule has 0 aromatic heterocycles. The molecular weight excluding hydrogens is 245 g/mol. The van der Waals surface area contributed by atoms with Gasteiger partial charge in [-0.2, -0.15) is 5.26 Å². The Kier molecular flexibility index (Phi) is 5.13. The molecule has 1 saturated heterocycles. The Morgan fingerprint density at radius 2 is 2.21 bits per heavy atom. The molecule has 0 radical (unpaired) electrons. The van der Waals surface area contributed by atoms with Gasteiger partial charge in [-0.15, -0.1) is 0 Å². The van der Waals surface area contributed by atoms with Crippen molar-refractivity contribution >= 4 is 5.69 Å². The number of anilines is 1. The molecule has 0 aliphatic carbocycles. The maximum atomic E-state index is 13.0. The van der Waals surface area contributed by atoms with Gasteiger partial charge in [0.15, 0.2) is 0 Å². The molecule has 1 fully saturated rings. The Hall–Kier alpha value is -1.64. The minimum absolute atomic E-state index is 0.321. The van der Waals surface area contributed by atoms with Gasteiger partial charge in [-0.25, -0.2) is 4.39 Å². The monoisotopic (exact) mass is 263 g/mol. The Balaban J connectivity index is 1.75. The quantitative estimate of drug-likeness (QED) is 0.796. The number of benzene rings is 1. The van der Waals surface area contributed by atoms with Gasteiger partial charge in [-0.05, 0) is 44.1 Å². The standard InChI is InChI=1S/C14H18FN3O/c15-12-1-2-14(11(9-12)10-16)18-7-8-19-13-3-5-17-6-4-13/h1-2,9,13,17-18H,3-8H2. The van der Waals surface area contributed by atoms with E-state index in [1.165, 1.54) is 12.1 Å². The van der Waals surface area contributed by atoms with Gasteiger partial charge in [0.25, 0.3) is 0 Å². The van der Waals surface area contributed by atoms with Crippen molar-refractivity contribution < 1.29 is 9.13 Å². The lowest BCUT2D eigenvalue weighted by atomic mass is 10.1. The highest BCUT2D eigenvalue weighted by Gasteiger charge is 2.12. The molecule has 0 amide bonds. The van der Waals surface area contributed by atoms with Crippen LogP contribution < -0.4 is 10.6 Å². The van der Waals surface area contributed by atoms with Crippen LogP contribution in [0.4, 0.5) is 10.1 Å². The highest BCUT2D eigenvalue weighted by molar-refractivity contribution is 5.57. The summed E-state index contributed by atoms with van der Waals surface area (Å²) in [7, 11) is 0. The zero-order chi connectivity index (χ0) is 13.5. The molecule has 0 atom stereocenters. The highest BCUT2D eigenvalue weighted by atomic mass is 19.1. The van der Waals surface area contributed by atoms with Crippen molar-refractivity contribution in [3.05, 3.63) is 29.6 Å². The van der Waals surface area contributed by atoms with Gasteiger partial charge >= 0.3 is 0 Å². The van der Waals surface area contributed by atoms with Crippen LogP contribution in [0.25, 0.3) is 0 Å². The fourth-order valence-corrected chi connectivity index (χ4v) is 2.14. The summed E-state index contributed by atoms with van der Waals surface area (Å²) in [6.07, 6.45) is 2.41. The molecule has 0 bridgehead atoms. The summed E-state index contributed by atoms with van der Waals surface area (Å²) < 4.78 is 18.7. The van der Waals surface area contributed by atoms with Crippen molar-refractivity contribution in [2.24, 2.45) is 0 Å². The number of halogens is 1. The molecule has 1 aromatic rings. The van der Waals surface area contributed by atoms with Crippen LogP contribution in [0.2, 0.25) is 0 Å². The van der Waals surface area contributed by atoms with E-state index < -0.39 is 5.82 Å². The third-order valence-corrected chi connectivity index (χ3v) is 3.16. The first-order valence-electron chi connectivity index (χ1n) is 6.55. The Bertz CT molecular complexity index is 452. The molecule has 1 aliphatic rings. The van der Waals surface area contributed by atoms with Gasteiger partial charge in [-0.1, -0.05) is 0 Å². The van der Waals surface area contributed by atoms with Crippen molar-refractivity contribution in [3.8, 4) is 6.07 Å². The second-order valence-electron chi connectivity index (χ2n) is 4.55. The van der Waals surface area contributed by atoms with Gasteiger partial charge in [0.2, 0.25) is 0 Å². The first-order chi connectivity index (χ1) is 9.29. The van der Waals surface area contributed by atoms with Crippen molar-refractivity contribution in [2.45, 2.75) is 18.9 Å². The van der Waals surface area contributed by atoms with Gasteiger partial charge in [0.05, 0.1) is 24.0 Å². The minimum atomic E-state index is -0.395. The molecule has 0 saturated carbocycles. The van der Waals surface area contributed by atoms with E-state index in [1.807, 2.05) is 6.07 Å². The fraction of sp³-hybridized carbons (Fsp3) is 0.500. The number of nitrogens with one attached hydrogen (secondary N) is 2. The summed E-state index contributed by atoms with van der Waals surface area (Å²) in [4.78, 5) is 0. The minimum Gasteiger partial charge on any atom is -0.382 e. The van der Waals surface area contributed by atoms with Crippen LogP contribution in [0.15, 0.2) is 18.2 Å². The molecule has 4 nitrogen and oxygen atoms in total. The first kappa shape index (κ1) is 13.8. The van der Waals surface area contributed by atoms with Crippen LogP contribution in [0.1, 0.15) is 18.4 Å². The van der Waals surface area contributed by atoms with Gasteiger partial charge < -0.3 is 15.4 Å². The number of nitriles is 1. The molecule has 1 heterocycles. The number of hydrogen-bond donors (Lipinski definition) is 2. The second kappa shape index (κ2) is 7.07. The van der Waals surface area contributed by atoms with Crippen LogP contribution in [0.3, 0.4) is 0 Å². The van der Waals surface area contributed by atoms with E-state index in [0.717, 1.165) is 25.9 Å². The lowest BCUT2D eigenvalue weighted by Crippen LogP contribution is -2.33. The lowest BCUT2D eigenvalue weighted by Gasteiger charge is -2.23. The van der Waals surface area contributed by atoms with Gasteiger partial charge in [0, 0.05) is 6.54 Å². The first-order valence-corrected chi connectivity index (χ1v) is 6.55. The van der Waals surface area contributed by atoms with Crippen molar-refractivity contribution in [1.82, 2.24) is 5.32 Å². The molecule has 19 heavy (non-hydrogen) atoms. The SMILES string of the molecule is N#Cc1cc(F)ccc1NCCOC1CCNCC1. The topological polar surface area (TPSA) is 57.1 Å². The van der Waals surface area contributed by atoms with E-state index in [2.05, 4.69) is 10.6 Å². The Morgan fingerprint density at radius 1 is 1.42 bits per heavy atom. The third-order valence-electron chi connectivity index (χ3n) is 3.16. The zero-order valence-corrected chi connectivity index (χ0v) is 10.8. The normalized spacial score (nSPS) is 16.0. The molecule has 2 N–H and O–H groups in total.